The normalized spacial score (nSPS) is 34.5. The Kier molecular flexibility index (Phi) is 2.01. The van der Waals surface area contributed by atoms with Gasteiger partial charge in [0.05, 0.1) is 5.56 Å². The van der Waals surface area contributed by atoms with Gasteiger partial charge in [0.1, 0.15) is 5.75 Å². The molecule has 0 saturated carbocycles. The van der Waals surface area contributed by atoms with E-state index in [-0.39, 0.29) is 11.3 Å². The molecule has 82 valence electrons. The number of alkyl halides is 2. The lowest BCUT2D eigenvalue weighted by Crippen LogP contribution is -2.42. The van der Waals surface area contributed by atoms with Crippen LogP contribution in [0.25, 0.3) is 0 Å². The number of hydrogen-bond acceptors (Lipinski definition) is 2. The quantitative estimate of drug-likeness (QED) is 0.660. The Labute approximate surface area is 86.8 Å². The zero-order valence-electron chi connectivity index (χ0n) is 8.80. The second-order valence-electron chi connectivity index (χ2n) is 3.96. The van der Waals surface area contributed by atoms with Crippen LogP contribution in [0.3, 0.4) is 0 Å². The molecule has 15 heavy (non-hydrogen) atoms. The summed E-state index contributed by atoms with van der Waals surface area (Å²) < 4.78 is 36.9. The highest BCUT2D eigenvalue weighted by Crippen LogP contribution is 2.44. The molecule has 0 fully saturated rings. The molecule has 0 saturated heterocycles. The molecule has 0 aliphatic carbocycles. The summed E-state index contributed by atoms with van der Waals surface area (Å²) >= 11 is 0. The Morgan fingerprint density at radius 2 is 1.87 bits per heavy atom. The van der Waals surface area contributed by atoms with Gasteiger partial charge in [0, 0.05) is 6.92 Å². The highest BCUT2D eigenvalue weighted by molar-refractivity contribution is 5.40. The van der Waals surface area contributed by atoms with Crippen LogP contribution in [0, 0.1) is 6.92 Å². The zero-order chi connectivity index (χ0) is 11.3. The third-order valence-electron chi connectivity index (χ3n) is 2.28. The molecule has 1 aromatic rings. The Bertz CT molecular complexity index is 400. The van der Waals surface area contributed by atoms with Gasteiger partial charge in [0.15, 0.2) is 0 Å². The van der Waals surface area contributed by atoms with E-state index >= 15 is 0 Å². The smallest absolute Gasteiger partial charge is 0.363 e. The Morgan fingerprint density at radius 1 is 1.20 bits per heavy atom. The van der Waals surface area contributed by atoms with Crippen LogP contribution < -0.4 is 4.74 Å². The molecule has 2 unspecified atom stereocenters. The minimum Gasteiger partial charge on any atom is -0.435 e. The van der Waals surface area contributed by atoms with E-state index in [2.05, 4.69) is 4.74 Å². The van der Waals surface area contributed by atoms with Crippen LogP contribution in [0.4, 0.5) is 8.78 Å². The standard InChI is InChI=1S/C11H12F2O2/c1-7-4-5-9-8(6-7)10(2,12)15-11(3,13)14-9/h4-6H,1-3H3. The van der Waals surface area contributed by atoms with Crippen LogP contribution in [-0.4, -0.2) is 6.04 Å². The largest absolute Gasteiger partial charge is 0.435 e. The summed E-state index contributed by atoms with van der Waals surface area (Å²) in [6.45, 7) is 4.03. The summed E-state index contributed by atoms with van der Waals surface area (Å²) in [7, 11) is 0. The maximum Gasteiger partial charge on any atom is 0.363 e. The van der Waals surface area contributed by atoms with Crippen molar-refractivity contribution in [3.8, 4) is 5.75 Å². The average molecular weight is 214 g/mol. The number of hydrogen-bond donors (Lipinski definition) is 0. The summed E-state index contributed by atoms with van der Waals surface area (Å²) in [5.74, 6) is -1.98. The van der Waals surface area contributed by atoms with E-state index in [9.17, 15) is 8.78 Å². The first-order valence-corrected chi connectivity index (χ1v) is 4.68. The average Bonchev–Trinajstić information content (AvgIpc) is 2.03. The molecule has 1 heterocycles. The maximum atomic E-state index is 14.0. The Balaban J connectivity index is 2.55. The zero-order valence-corrected chi connectivity index (χ0v) is 8.80. The van der Waals surface area contributed by atoms with Gasteiger partial charge in [-0.05, 0) is 26.0 Å². The number of benzene rings is 1. The molecule has 1 aliphatic rings. The van der Waals surface area contributed by atoms with Crippen molar-refractivity contribution in [3.05, 3.63) is 29.3 Å². The molecule has 4 heteroatoms. The van der Waals surface area contributed by atoms with Crippen LogP contribution in [0.1, 0.15) is 25.0 Å². The van der Waals surface area contributed by atoms with Crippen LogP contribution in [0.15, 0.2) is 18.2 Å². The van der Waals surface area contributed by atoms with Gasteiger partial charge in [0.25, 0.3) is 0 Å². The van der Waals surface area contributed by atoms with Crippen molar-refractivity contribution in [2.45, 2.75) is 32.7 Å². The molecule has 0 N–H and O–H groups in total. The van der Waals surface area contributed by atoms with Crippen LogP contribution in [-0.2, 0) is 10.6 Å². The molecule has 0 aromatic heterocycles. The van der Waals surface area contributed by atoms with Crippen molar-refractivity contribution < 1.29 is 18.3 Å². The van der Waals surface area contributed by atoms with Gasteiger partial charge in [-0.15, -0.1) is 0 Å². The van der Waals surface area contributed by atoms with E-state index in [1.807, 2.05) is 6.92 Å². The molecule has 0 radical (unpaired) electrons. The van der Waals surface area contributed by atoms with E-state index in [1.165, 1.54) is 6.92 Å². The summed E-state index contributed by atoms with van der Waals surface area (Å²) in [4.78, 5) is 0. The van der Waals surface area contributed by atoms with Crippen LogP contribution in [0.5, 0.6) is 5.75 Å². The second kappa shape index (κ2) is 2.92. The second-order valence-corrected chi connectivity index (χ2v) is 3.96. The molecule has 0 spiro atoms. The minimum absolute atomic E-state index is 0.182. The Morgan fingerprint density at radius 3 is 2.53 bits per heavy atom. The summed E-state index contributed by atoms with van der Waals surface area (Å²) in [5.41, 5.74) is 1.09. The van der Waals surface area contributed by atoms with Crippen molar-refractivity contribution in [2.24, 2.45) is 0 Å². The fourth-order valence-electron chi connectivity index (χ4n) is 1.70. The lowest BCUT2D eigenvalue weighted by molar-refractivity contribution is -0.358. The highest BCUT2D eigenvalue weighted by Gasteiger charge is 2.46. The molecular formula is C11H12F2O2. The Hall–Kier alpha value is -1.16. The van der Waals surface area contributed by atoms with E-state index in [1.54, 1.807) is 18.2 Å². The van der Waals surface area contributed by atoms with Crippen molar-refractivity contribution in [1.82, 2.24) is 0 Å². The van der Waals surface area contributed by atoms with Crippen molar-refractivity contribution in [1.29, 1.82) is 0 Å². The predicted molar refractivity (Wildman–Crippen MR) is 50.9 cm³/mol. The maximum absolute atomic E-state index is 14.0. The van der Waals surface area contributed by atoms with Gasteiger partial charge in [-0.3, -0.25) is 4.74 Å². The van der Waals surface area contributed by atoms with Crippen LogP contribution in [0.2, 0.25) is 0 Å². The van der Waals surface area contributed by atoms with E-state index in [0.717, 1.165) is 12.5 Å². The van der Waals surface area contributed by atoms with E-state index < -0.39 is 11.9 Å². The third-order valence-corrected chi connectivity index (χ3v) is 2.28. The van der Waals surface area contributed by atoms with Crippen molar-refractivity contribution in [3.63, 3.8) is 0 Å². The van der Waals surface area contributed by atoms with E-state index in [4.69, 9.17) is 4.74 Å². The van der Waals surface area contributed by atoms with Crippen molar-refractivity contribution in [2.75, 3.05) is 0 Å². The summed E-state index contributed by atoms with van der Waals surface area (Å²) in [5, 5.41) is 0. The minimum atomic E-state index is -2.42. The van der Waals surface area contributed by atoms with E-state index in [0.29, 0.717) is 0 Å². The fourth-order valence-corrected chi connectivity index (χ4v) is 1.70. The van der Waals surface area contributed by atoms with Crippen molar-refractivity contribution >= 4 is 0 Å². The number of halogens is 2. The molecule has 0 amide bonds. The molecule has 0 bridgehead atoms. The molecule has 2 nitrogen and oxygen atoms in total. The van der Waals surface area contributed by atoms with Gasteiger partial charge in [-0.2, -0.15) is 4.39 Å². The summed E-state index contributed by atoms with van der Waals surface area (Å²) in [6, 6.07) is 2.44. The first-order chi connectivity index (χ1) is 6.80. The summed E-state index contributed by atoms with van der Waals surface area (Å²) in [6.07, 6.45) is 0. The first kappa shape index (κ1) is 10.4. The van der Waals surface area contributed by atoms with Gasteiger partial charge in [0.2, 0.25) is 5.85 Å². The van der Waals surface area contributed by atoms with Gasteiger partial charge >= 0.3 is 6.04 Å². The van der Waals surface area contributed by atoms with Gasteiger partial charge in [-0.25, -0.2) is 4.39 Å². The molecule has 2 atom stereocenters. The number of aryl methyl sites for hydroxylation is 1. The third kappa shape index (κ3) is 1.81. The topological polar surface area (TPSA) is 18.5 Å². The van der Waals surface area contributed by atoms with Crippen LogP contribution >= 0.6 is 0 Å². The molecule has 1 aliphatic heterocycles. The lowest BCUT2D eigenvalue weighted by Gasteiger charge is -2.36. The van der Waals surface area contributed by atoms with Gasteiger partial charge in [-0.1, -0.05) is 11.6 Å². The van der Waals surface area contributed by atoms with Gasteiger partial charge < -0.3 is 4.74 Å². The number of fused-ring (bicyclic) bond motifs is 1. The molecule has 1 aromatic carbocycles. The first-order valence-electron chi connectivity index (χ1n) is 4.68. The monoisotopic (exact) mass is 214 g/mol. The molecular weight excluding hydrogens is 202 g/mol. The number of rotatable bonds is 0. The lowest BCUT2D eigenvalue weighted by atomic mass is 10.0. The molecule has 2 rings (SSSR count). The number of ether oxygens (including phenoxy) is 2. The highest BCUT2D eigenvalue weighted by atomic mass is 19.2. The predicted octanol–water partition coefficient (Wildman–Crippen LogP) is 3.19. The fraction of sp³-hybridized carbons (Fsp3) is 0.455. The SMILES string of the molecule is Cc1ccc2c(c1)C(C)(F)OC(C)(F)O2.